The minimum Gasteiger partial charge on any atom is -0.350 e. The minimum atomic E-state index is -0.585. The first-order chi connectivity index (χ1) is 7.78. The molecule has 2 aliphatic carbocycles. The van der Waals surface area contributed by atoms with Crippen molar-refractivity contribution in [2.45, 2.75) is 47.0 Å². The van der Waals surface area contributed by atoms with Gasteiger partial charge in [0.25, 0.3) is 0 Å². The smallest absolute Gasteiger partial charge is 0.332 e. The molecule has 3 atom stereocenters. The number of amides is 2. The van der Waals surface area contributed by atoms with Crippen LogP contribution in [-0.4, -0.2) is 11.7 Å². The van der Waals surface area contributed by atoms with Gasteiger partial charge in [-0.25, -0.2) is 10.2 Å². The predicted octanol–water partition coefficient (Wildman–Crippen LogP) is 2.49. The van der Waals surface area contributed by atoms with Gasteiger partial charge in [0.15, 0.2) is 0 Å². The molecule has 2 fully saturated rings. The molecule has 2 saturated carbocycles. The van der Waals surface area contributed by atoms with E-state index in [1.54, 1.807) is 0 Å². The van der Waals surface area contributed by atoms with E-state index in [4.69, 9.17) is 5.73 Å². The molecule has 96 valence electrons. The van der Waals surface area contributed by atoms with Crippen molar-refractivity contribution >= 4 is 11.7 Å². The summed E-state index contributed by atoms with van der Waals surface area (Å²) in [4.78, 5) is 10.7. The van der Waals surface area contributed by atoms with Gasteiger partial charge in [0.1, 0.15) is 0 Å². The van der Waals surface area contributed by atoms with Gasteiger partial charge in [0.2, 0.25) is 0 Å². The second kappa shape index (κ2) is 3.72. The molecule has 0 radical (unpaired) electrons. The Hall–Kier alpha value is -1.06. The van der Waals surface area contributed by atoms with E-state index in [0.29, 0.717) is 22.7 Å². The van der Waals surface area contributed by atoms with Crippen LogP contribution >= 0.6 is 0 Å². The lowest BCUT2D eigenvalue weighted by Gasteiger charge is -2.34. The molecule has 2 aliphatic rings. The molecule has 4 heteroatoms. The van der Waals surface area contributed by atoms with Crippen LogP contribution in [-0.2, 0) is 0 Å². The van der Waals surface area contributed by atoms with E-state index in [1.807, 2.05) is 6.92 Å². The van der Waals surface area contributed by atoms with Gasteiger partial charge in [-0.1, -0.05) is 20.8 Å². The van der Waals surface area contributed by atoms with Crippen LogP contribution in [0.25, 0.3) is 0 Å². The molecule has 0 heterocycles. The van der Waals surface area contributed by atoms with E-state index in [-0.39, 0.29) is 0 Å². The van der Waals surface area contributed by atoms with Gasteiger partial charge in [-0.05, 0) is 42.9 Å². The van der Waals surface area contributed by atoms with Crippen LogP contribution in [0.5, 0.6) is 0 Å². The number of hydrogen-bond donors (Lipinski definition) is 2. The molecular formula is C13H23N3O. The number of hydrogen-bond acceptors (Lipinski definition) is 2. The van der Waals surface area contributed by atoms with Crippen molar-refractivity contribution in [3.05, 3.63) is 0 Å². The molecule has 0 unspecified atom stereocenters. The lowest BCUT2D eigenvalue weighted by molar-refractivity contribution is 0.152. The Kier molecular flexibility index (Phi) is 2.71. The quantitative estimate of drug-likeness (QED) is 0.562. The Morgan fingerprint density at radius 2 is 2.06 bits per heavy atom. The number of fused-ring (bicyclic) bond motifs is 2. The summed E-state index contributed by atoms with van der Waals surface area (Å²) in [7, 11) is 0. The van der Waals surface area contributed by atoms with Crippen molar-refractivity contribution in [2.75, 3.05) is 0 Å². The van der Waals surface area contributed by atoms with Gasteiger partial charge in [-0.2, -0.15) is 5.10 Å². The molecule has 2 rings (SSSR count). The highest BCUT2D eigenvalue weighted by Gasteiger charge is 2.60. The Balaban J connectivity index is 2.16. The maximum Gasteiger partial charge on any atom is 0.332 e. The van der Waals surface area contributed by atoms with E-state index < -0.39 is 6.03 Å². The average molecular weight is 237 g/mol. The summed E-state index contributed by atoms with van der Waals surface area (Å²) in [5.41, 5.74) is 9.20. The standard InChI is InChI=1S/C13H23N3O/c1-8(15-16-11(14)17)9-7-13(4)6-5-10(9)12(13,2)3/h9-10H,5-7H2,1-4H3,(H3,14,16,17)/b15-8+/t9-,10-,13+/m0/s1. The maximum absolute atomic E-state index is 10.7. The minimum absolute atomic E-state index is 0.376. The average Bonchev–Trinajstić information content (AvgIpc) is 2.57. The van der Waals surface area contributed by atoms with Crippen LogP contribution in [0.2, 0.25) is 0 Å². The van der Waals surface area contributed by atoms with Gasteiger partial charge in [-0.3, -0.25) is 0 Å². The SMILES string of the molecule is C/C(=N\NC(N)=O)[C@@H]1C[C@@]2(C)CC[C@@H]1C2(C)C. The molecule has 3 N–H and O–H groups in total. The molecule has 0 spiro atoms. The number of carbonyl (C=O) groups excluding carboxylic acids is 1. The molecule has 0 aromatic rings. The fourth-order valence-electron chi connectivity index (χ4n) is 3.97. The Morgan fingerprint density at radius 1 is 1.41 bits per heavy atom. The number of nitrogens with zero attached hydrogens (tertiary/aromatic N) is 1. The van der Waals surface area contributed by atoms with Crippen molar-refractivity contribution in [3.8, 4) is 0 Å². The van der Waals surface area contributed by atoms with Crippen molar-refractivity contribution in [1.82, 2.24) is 5.43 Å². The summed E-state index contributed by atoms with van der Waals surface area (Å²) in [6.07, 6.45) is 3.77. The zero-order valence-electron chi connectivity index (χ0n) is 11.2. The number of hydrazone groups is 1. The zero-order chi connectivity index (χ0) is 12.8. The second-order valence-corrected chi connectivity index (χ2v) is 6.47. The lowest BCUT2D eigenvalue weighted by Crippen LogP contribution is -2.29. The first-order valence-electron chi connectivity index (χ1n) is 6.37. The van der Waals surface area contributed by atoms with E-state index >= 15 is 0 Å². The van der Waals surface area contributed by atoms with Crippen LogP contribution in [0.3, 0.4) is 0 Å². The number of primary amides is 1. The number of urea groups is 1. The first-order valence-corrected chi connectivity index (χ1v) is 6.37. The molecule has 17 heavy (non-hydrogen) atoms. The molecular weight excluding hydrogens is 214 g/mol. The van der Waals surface area contributed by atoms with Crippen LogP contribution in [0, 0.1) is 22.7 Å². The Morgan fingerprint density at radius 3 is 2.47 bits per heavy atom. The zero-order valence-corrected chi connectivity index (χ0v) is 11.2. The molecule has 4 nitrogen and oxygen atoms in total. The van der Waals surface area contributed by atoms with E-state index in [1.165, 1.54) is 19.3 Å². The molecule has 2 bridgehead atoms. The lowest BCUT2D eigenvalue weighted by atomic mass is 9.71. The van der Waals surface area contributed by atoms with Crippen LogP contribution in [0.1, 0.15) is 47.0 Å². The number of carbonyl (C=O) groups is 1. The second-order valence-electron chi connectivity index (χ2n) is 6.47. The molecule has 0 aliphatic heterocycles. The summed E-state index contributed by atoms with van der Waals surface area (Å²) in [6, 6.07) is -0.585. The predicted molar refractivity (Wildman–Crippen MR) is 68.5 cm³/mol. The maximum atomic E-state index is 10.7. The molecule has 0 saturated heterocycles. The molecule has 2 amide bonds. The molecule has 0 aromatic carbocycles. The van der Waals surface area contributed by atoms with Crippen molar-refractivity contribution < 1.29 is 4.79 Å². The van der Waals surface area contributed by atoms with E-state index in [0.717, 1.165) is 5.71 Å². The van der Waals surface area contributed by atoms with Gasteiger partial charge >= 0.3 is 6.03 Å². The van der Waals surface area contributed by atoms with Gasteiger partial charge in [0, 0.05) is 11.6 Å². The topological polar surface area (TPSA) is 67.5 Å². The Bertz CT molecular complexity index is 372. The third-order valence-corrected chi connectivity index (χ3v) is 5.52. The van der Waals surface area contributed by atoms with Gasteiger partial charge < -0.3 is 5.73 Å². The highest BCUT2D eigenvalue weighted by Crippen LogP contribution is 2.67. The van der Waals surface area contributed by atoms with Crippen LogP contribution in [0.4, 0.5) is 4.79 Å². The summed E-state index contributed by atoms with van der Waals surface area (Å²) in [5.74, 6) is 1.18. The number of nitrogens with one attached hydrogen (secondary N) is 1. The van der Waals surface area contributed by atoms with Crippen LogP contribution in [0.15, 0.2) is 5.10 Å². The highest BCUT2D eigenvalue weighted by molar-refractivity contribution is 5.86. The van der Waals surface area contributed by atoms with Crippen molar-refractivity contribution in [2.24, 2.45) is 33.5 Å². The Labute approximate surface area is 103 Å². The van der Waals surface area contributed by atoms with E-state index in [9.17, 15) is 4.79 Å². The number of rotatable bonds is 2. The number of nitrogens with two attached hydrogens (primary N) is 1. The van der Waals surface area contributed by atoms with Gasteiger partial charge in [0.05, 0.1) is 0 Å². The fourth-order valence-corrected chi connectivity index (χ4v) is 3.97. The normalized spacial score (nSPS) is 39.4. The van der Waals surface area contributed by atoms with Gasteiger partial charge in [-0.15, -0.1) is 0 Å². The molecule has 0 aromatic heterocycles. The third kappa shape index (κ3) is 1.74. The van der Waals surface area contributed by atoms with Crippen molar-refractivity contribution in [1.29, 1.82) is 0 Å². The van der Waals surface area contributed by atoms with Crippen molar-refractivity contribution in [3.63, 3.8) is 0 Å². The largest absolute Gasteiger partial charge is 0.350 e. The highest BCUT2D eigenvalue weighted by atomic mass is 16.2. The monoisotopic (exact) mass is 237 g/mol. The third-order valence-electron chi connectivity index (χ3n) is 5.52. The fraction of sp³-hybridized carbons (Fsp3) is 0.846. The summed E-state index contributed by atoms with van der Waals surface area (Å²) in [6.45, 7) is 9.14. The summed E-state index contributed by atoms with van der Waals surface area (Å²) >= 11 is 0. The first kappa shape index (κ1) is 12.4. The van der Waals surface area contributed by atoms with Crippen LogP contribution < -0.4 is 11.2 Å². The van der Waals surface area contributed by atoms with E-state index in [2.05, 4.69) is 31.3 Å². The summed E-state index contributed by atoms with van der Waals surface area (Å²) < 4.78 is 0. The summed E-state index contributed by atoms with van der Waals surface area (Å²) in [5, 5.41) is 4.11.